The van der Waals surface area contributed by atoms with Crippen LogP contribution in [-0.4, -0.2) is 17.8 Å². The van der Waals surface area contributed by atoms with Gasteiger partial charge in [-0.1, -0.05) is 42.5 Å². The average molecular weight is 297 g/mol. The fourth-order valence-electron chi connectivity index (χ4n) is 1.94. The number of hydrogen-bond donors (Lipinski definition) is 0. The van der Waals surface area contributed by atoms with E-state index in [2.05, 4.69) is 0 Å². The molecule has 0 aromatic heterocycles. The molecule has 0 heterocycles. The molecule has 2 rings (SSSR count). The van der Waals surface area contributed by atoms with Crippen LogP contribution in [0.2, 0.25) is 0 Å². The zero-order valence-corrected chi connectivity index (χ0v) is 11.8. The van der Waals surface area contributed by atoms with Gasteiger partial charge in [0.25, 0.3) is 0 Å². The van der Waals surface area contributed by atoms with Crippen LogP contribution in [0.15, 0.2) is 54.6 Å². The lowest BCUT2D eigenvalue weighted by Gasteiger charge is -2.05. The molecular weight excluding hydrogens is 282 g/mol. The maximum absolute atomic E-state index is 11.1. The quantitative estimate of drug-likeness (QED) is 0.446. The molecule has 0 fully saturated rings. The molecule has 5 nitrogen and oxygen atoms in total. The monoisotopic (exact) mass is 297 g/mol. The van der Waals surface area contributed by atoms with Gasteiger partial charge in [-0.15, -0.1) is 0 Å². The Labute approximate surface area is 128 Å². The molecule has 0 N–H and O–H groups in total. The highest BCUT2D eigenvalue weighted by Crippen LogP contribution is 2.28. The molecule has 0 radical (unpaired) electrons. The van der Waals surface area contributed by atoms with Crippen LogP contribution in [0.5, 0.6) is 5.75 Å². The lowest BCUT2D eigenvalue weighted by molar-refractivity contribution is -0.385. The molecule has 0 aliphatic rings. The smallest absolute Gasteiger partial charge is 0.311 e. The van der Waals surface area contributed by atoms with Crippen LogP contribution < -0.4 is 4.74 Å². The van der Waals surface area contributed by atoms with Crippen molar-refractivity contribution in [3.63, 3.8) is 0 Å². The zero-order valence-electron chi connectivity index (χ0n) is 11.8. The summed E-state index contributed by atoms with van der Waals surface area (Å²) in [5.41, 5.74) is 1.49. The molecule has 0 aliphatic carbocycles. The number of nitrogens with zero attached hydrogens (tertiary/aromatic N) is 1. The molecule has 0 saturated carbocycles. The third-order valence-electron chi connectivity index (χ3n) is 2.98. The molecule has 0 bridgehead atoms. The van der Waals surface area contributed by atoms with E-state index in [0.29, 0.717) is 11.8 Å². The van der Waals surface area contributed by atoms with Gasteiger partial charge in [-0.2, -0.15) is 0 Å². The summed E-state index contributed by atoms with van der Waals surface area (Å²) in [6.45, 7) is 0.225. The predicted molar refractivity (Wildman–Crippen MR) is 83.8 cm³/mol. The first-order valence-electron chi connectivity index (χ1n) is 6.76. The van der Waals surface area contributed by atoms with E-state index in [4.69, 9.17) is 4.74 Å². The van der Waals surface area contributed by atoms with Gasteiger partial charge in [0.05, 0.1) is 4.92 Å². The fourth-order valence-corrected chi connectivity index (χ4v) is 1.94. The van der Waals surface area contributed by atoms with E-state index in [-0.39, 0.29) is 24.5 Å². The van der Waals surface area contributed by atoms with E-state index in [1.807, 2.05) is 36.4 Å². The van der Waals surface area contributed by atoms with Crippen molar-refractivity contribution in [1.29, 1.82) is 0 Å². The Morgan fingerprint density at radius 1 is 1.14 bits per heavy atom. The molecule has 22 heavy (non-hydrogen) atoms. The van der Waals surface area contributed by atoms with Gasteiger partial charge in [0.2, 0.25) is 0 Å². The van der Waals surface area contributed by atoms with Gasteiger partial charge in [-0.05, 0) is 23.3 Å². The highest BCUT2D eigenvalue weighted by molar-refractivity contribution is 5.58. The lowest BCUT2D eigenvalue weighted by atomic mass is 10.1. The molecule has 2 aromatic rings. The van der Waals surface area contributed by atoms with Crippen LogP contribution in [-0.2, 0) is 11.2 Å². The van der Waals surface area contributed by atoms with E-state index >= 15 is 0 Å². The van der Waals surface area contributed by atoms with Crippen LogP contribution in [0, 0.1) is 10.1 Å². The van der Waals surface area contributed by atoms with Gasteiger partial charge in [-0.25, -0.2) is 0 Å². The van der Waals surface area contributed by atoms with Crippen molar-refractivity contribution < 1.29 is 14.5 Å². The molecule has 0 spiro atoms. The summed E-state index contributed by atoms with van der Waals surface area (Å²) in [6.07, 6.45) is 4.53. The minimum Gasteiger partial charge on any atom is -0.483 e. The van der Waals surface area contributed by atoms with Gasteiger partial charge >= 0.3 is 5.69 Å². The van der Waals surface area contributed by atoms with Crippen LogP contribution in [0.25, 0.3) is 6.08 Å². The summed E-state index contributed by atoms with van der Waals surface area (Å²) in [4.78, 5) is 21.0. The SMILES string of the molecule is O=CCc1ccc(OC/C=C/c2ccccc2)c([N+](=O)[O-])c1. The molecule has 0 aliphatic heterocycles. The number of rotatable bonds is 7. The number of ether oxygens (including phenoxy) is 1. The Balaban J connectivity index is 2.04. The zero-order chi connectivity index (χ0) is 15.8. The lowest BCUT2D eigenvalue weighted by Crippen LogP contribution is -1.99. The molecule has 0 saturated heterocycles. The Morgan fingerprint density at radius 3 is 2.59 bits per heavy atom. The van der Waals surface area contributed by atoms with Crippen LogP contribution in [0.1, 0.15) is 11.1 Å². The largest absolute Gasteiger partial charge is 0.483 e. The number of nitro benzene ring substituents is 1. The summed E-state index contributed by atoms with van der Waals surface area (Å²) in [6, 6.07) is 14.2. The van der Waals surface area contributed by atoms with E-state index in [9.17, 15) is 14.9 Å². The average Bonchev–Trinajstić information content (AvgIpc) is 2.53. The van der Waals surface area contributed by atoms with Crippen LogP contribution in [0.3, 0.4) is 0 Å². The molecule has 0 amide bonds. The van der Waals surface area contributed by atoms with E-state index in [1.165, 1.54) is 12.1 Å². The Kier molecular flexibility index (Phi) is 5.43. The summed E-state index contributed by atoms with van der Waals surface area (Å²) >= 11 is 0. The number of carbonyl (C=O) groups excluding carboxylic acids is 1. The van der Waals surface area contributed by atoms with Gasteiger partial charge in [0.1, 0.15) is 12.9 Å². The first kappa shape index (κ1) is 15.4. The molecular formula is C17H15NO4. The number of hydrogen-bond acceptors (Lipinski definition) is 4. The van der Waals surface area contributed by atoms with Crippen molar-refractivity contribution in [1.82, 2.24) is 0 Å². The molecule has 5 heteroatoms. The van der Waals surface area contributed by atoms with Gasteiger partial charge in [0.15, 0.2) is 5.75 Å². The topological polar surface area (TPSA) is 69.4 Å². The minimum atomic E-state index is -0.509. The van der Waals surface area contributed by atoms with E-state index in [1.54, 1.807) is 12.1 Å². The predicted octanol–water partition coefficient (Wildman–Crippen LogP) is 3.43. The van der Waals surface area contributed by atoms with Gasteiger partial charge in [-0.3, -0.25) is 10.1 Å². The summed E-state index contributed by atoms with van der Waals surface area (Å²) in [7, 11) is 0. The second-order valence-electron chi connectivity index (χ2n) is 4.55. The molecule has 0 unspecified atom stereocenters. The van der Waals surface area contributed by atoms with E-state index < -0.39 is 4.92 Å². The van der Waals surface area contributed by atoms with Crippen molar-refractivity contribution in [2.45, 2.75) is 6.42 Å². The third kappa shape index (κ3) is 4.28. The van der Waals surface area contributed by atoms with E-state index in [0.717, 1.165) is 5.56 Å². The van der Waals surface area contributed by atoms with Crippen molar-refractivity contribution in [3.05, 3.63) is 75.8 Å². The first-order chi connectivity index (χ1) is 10.7. The van der Waals surface area contributed by atoms with Crippen LogP contribution >= 0.6 is 0 Å². The Morgan fingerprint density at radius 2 is 1.91 bits per heavy atom. The molecule has 2 aromatic carbocycles. The van der Waals surface area contributed by atoms with Crippen molar-refractivity contribution in [2.75, 3.05) is 6.61 Å². The Bertz CT molecular complexity index is 680. The standard InChI is InChI=1S/C17H15NO4/c19-11-10-15-8-9-17(16(13-15)18(20)21)22-12-4-7-14-5-2-1-3-6-14/h1-9,11,13H,10,12H2/b7-4+. The molecule has 0 atom stereocenters. The van der Waals surface area contributed by atoms with Crippen molar-refractivity contribution in [3.8, 4) is 5.75 Å². The highest BCUT2D eigenvalue weighted by atomic mass is 16.6. The second kappa shape index (κ2) is 7.73. The minimum absolute atomic E-state index is 0.132. The number of aldehydes is 1. The second-order valence-corrected chi connectivity index (χ2v) is 4.55. The normalized spacial score (nSPS) is 10.5. The number of nitro groups is 1. The number of carbonyl (C=O) groups is 1. The summed E-state index contributed by atoms with van der Waals surface area (Å²) in [5, 5.41) is 11.1. The first-order valence-corrected chi connectivity index (χ1v) is 6.76. The van der Waals surface area contributed by atoms with Crippen LogP contribution in [0.4, 0.5) is 5.69 Å². The van der Waals surface area contributed by atoms with Gasteiger partial charge < -0.3 is 9.53 Å². The Hall–Kier alpha value is -2.95. The summed E-state index contributed by atoms with van der Waals surface area (Å²) < 4.78 is 5.44. The summed E-state index contributed by atoms with van der Waals surface area (Å²) in [5.74, 6) is 0.192. The van der Waals surface area contributed by atoms with Crippen molar-refractivity contribution >= 4 is 18.0 Å². The van der Waals surface area contributed by atoms with Crippen molar-refractivity contribution in [2.24, 2.45) is 0 Å². The maximum Gasteiger partial charge on any atom is 0.311 e. The maximum atomic E-state index is 11.1. The fraction of sp³-hybridized carbons (Fsp3) is 0.118. The van der Waals surface area contributed by atoms with Gasteiger partial charge in [0, 0.05) is 12.5 Å². The third-order valence-corrected chi connectivity index (χ3v) is 2.98. The molecule has 112 valence electrons. The highest BCUT2D eigenvalue weighted by Gasteiger charge is 2.15. The number of benzene rings is 2.